The van der Waals surface area contributed by atoms with Gasteiger partial charge in [0.2, 0.25) is 0 Å². The van der Waals surface area contributed by atoms with E-state index in [1.54, 1.807) is 6.07 Å². The minimum Gasteiger partial charge on any atom is -0.744 e. The van der Waals surface area contributed by atoms with Crippen LogP contribution in [-0.2, 0) is 23.0 Å². The van der Waals surface area contributed by atoms with Crippen LogP contribution in [-0.4, -0.2) is 13.0 Å². The molecule has 2 aromatic carbocycles. The third-order valence-corrected chi connectivity index (χ3v) is 9.94. The Morgan fingerprint density at radius 1 is 0.512 bits per heavy atom. The molecule has 3 nitrogen and oxygen atoms in total. The van der Waals surface area contributed by atoms with Gasteiger partial charge < -0.3 is 4.55 Å². The summed E-state index contributed by atoms with van der Waals surface area (Å²) >= 11 is 0. The van der Waals surface area contributed by atoms with E-state index < -0.39 is 10.1 Å². The first kappa shape index (κ1) is 40.6. The fourth-order valence-electron chi connectivity index (χ4n) is 6.38. The summed E-state index contributed by atoms with van der Waals surface area (Å²) < 4.78 is 36.7. The molecule has 0 bridgehead atoms. The van der Waals surface area contributed by atoms with Crippen molar-refractivity contribution in [2.75, 3.05) is 0 Å². The average molecular weight is 623 g/mol. The largest absolute Gasteiger partial charge is 1.00 e. The van der Waals surface area contributed by atoms with E-state index in [1.165, 1.54) is 140 Å². The zero-order valence-corrected chi connectivity index (χ0v) is 31.2. The summed E-state index contributed by atoms with van der Waals surface area (Å²) in [6, 6.07) is 9.91. The molecule has 0 aromatic heterocycles. The Morgan fingerprint density at radius 2 is 0.884 bits per heavy atom. The predicted molar refractivity (Wildman–Crippen MR) is 181 cm³/mol. The maximum atomic E-state index is 12.2. The van der Waals surface area contributed by atoms with Crippen molar-refractivity contribution < 1.29 is 42.5 Å². The second-order valence-corrected chi connectivity index (χ2v) is 14.2. The van der Waals surface area contributed by atoms with Crippen molar-refractivity contribution in [3.05, 3.63) is 41.5 Å². The molecule has 240 valence electrons. The summed E-state index contributed by atoms with van der Waals surface area (Å²) in [7, 11) is -4.51. The maximum absolute atomic E-state index is 12.2. The van der Waals surface area contributed by atoms with Gasteiger partial charge in [0.25, 0.3) is 0 Å². The van der Waals surface area contributed by atoms with Gasteiger partial charge in [-0.15, -0.1) is 0 Å². The molecule has 2 rings (SSSR count). The van der Waals surface area contributed by atoms with Crippen molar-refractivity contribution in [2.45, 2.75) is 186 Å². The summed E-state index contributed by atoms with van der Waals surface area (Å²) in [6.45, 7) is 4.53. The zero-order valence-electron chi connectivity index (χ0n) is 28.4. The van der Waals surface area contributed by atoms with Crippen molar-refractivity contribution in [3.63, 3.8) is 0 Å². The molecule has 2 aromatic rings. The van der Waals surface area contributed by atoms with Crippen LogP contribution in [0.25, 0.3) is 10.8 Å². The first-order chi connectivity index (χ1) is 20.5. The van der Waals surface area contributed by atoms with E-state index in [4.69, 9.17) is 0 Å². The van der Waals surface area contributed by atoms with Crippen molar-refractivity contribution in [2.24, 2.45) is 0 Å². The van der Waals surface area contributed by atoms with Gasteiger partial charge in [0.05, 0.1) is 4.90 Å². The molecule has 5 heteroatoms. The van der Waals surface area contributed by atoms with Crippen LogP contribution in [0.2, 0.25) is 0 Å². The molecule has 0 aliphatic rings. The van der Waals surface area contributed by atoms with E-state index in [1.807, 2.05) is 6.07 Å². The van der Waals surface area contributed by atoms with Crippen LogP contribution in [0.1, 0.15) is 179 Å². The van der Waals surface area contributed by atoms with Crippen LogP contribution in [0.5, 0.6) is 0 Å². The van der Waals surface area contributed by atoms with Crippen LogP contribution in [0.4, 0.5) is 0 Å². The molecule has 0 heterocycles. The molecule has 0 unspecified atom stereocenters. The third-order valence-electron chi connectivity index (χ3n) is 9.02. The van der Waals surface area contributed by atoms with Crippen molar-refractivity contribution in [3.8, 4) is 0 Å². The fraction of sp³-hybridized carbons (Fsp3) is 0.737. The molecule has 43 heavy (non-hydrogen) atoms. The van der Waals surface area contributed by atoms with Crippen molar-refractivity contribution in [1.82, 2.24) is 0 Å². The molecular formula is C38H63NaO3S. The fourth-order valence-corrected chi connectivity index (χ4v) is 7.12. The van der Waals surface area contributed by atoms with Gasteiger partial charge in [-0.25, -0.2) is 8.42 Å². The molecule has 0 radical (unpaired) electrons. The number of benzene rings is 2. The summed E-state index contributed by atoms with van der Waals surface area (Å²) in [5, 5.41) is 2.00. The van der Waals surface area contributed by atoms with Crippen molar-refractivity contribution in [1.29, 1.82) is 0 Å². The molecule has 0 fully saturated rings. The van der Waals surface area contributed by atoms with E-state index in [-0.39, 0.29) is 34.5 Å². The molecule has 0 N–H and O–H groups in total. The number of unbranched alkanes of at least 4 members (excludes halogenated alkanes) is 22. The standard InChI is InChI=1S/C38H64O3S.Na/c1-3-5-7-9-11-13-15-17-19-21-23-25-28-34-30-27-31-35-32-36(38(33-37(34)35)42(39,40)41)29-26-24-22-20-18-16-14-12-10-8-6-4-2;/h27,30-33H,3-26,28-29H2,1-2H3,(H,39,40,41);/q;+1/p-1. The second kappa shape index (κ2) is 25.8. The van der Waals surface area contributed by atoms with E-state index in [0.717, 1.165) is 36.5 Å². The SMILES string of the molecule is CCCCCCCCCCCCCCc1cc2cccc(CCCCCCCCCCCCCC)c2cc1S(=O)(=O)[O-].[Na+]. The summed E-state index contributed by atoms with van der Waals surface area (Å²) in [5.74, 6) is 0. The Morgan fingerprint density at radius 3 is 1.28 bits per heavy atom. The van der Waals surface area contributed by atoms with E-state index in [0.29, 0.717) is 12.0 Å². The van der Waals surface area contributed by atoms with Crippen LogP contribution in [0, 0.1) is 0 Å². The topological polar surface area (TPSA) is 57.2 Å². The Kier molecular flexibility index (Phi) is 24.3. The third kappa shape index (κ3) is 18.4. The van der Waals surface area contributed by atoms with Gasteiger partial charge in [-0.3, -0.25) is 0 Å². The predicted octanol–water partition coefficient (Wildman–Crippen LogP) is 9.24. The van der Waals surface area contributed by atoms with Crippen molar-refractivity contribution >= 4 is 20.9 Å². The quantitative estimate of drug-likeness (QED) is 0.0567. The molecule has 0 spiro atoms. The van der Waals surface area contributed by atoms with Crippen LogP contribution in [0.3, 0.4) is 0 Å². The van der Waals surface area contributed by atoms with Crippen LogP contribution in [0.15, 0.2) is 35.2 Å². The number of fused-ring (bicyclic) bond motifs is 1. The van der Waals surface area contributed by atoms with E-state index in [9.17, 15) is 13.0 Å². The molecule has 0 aliphatic carbocycles. The summed E-state index contributed by atoms with van der Waals surface area (Å²) in [6.07, 6.45) is 32.7. The maximum Gasteiger partial charge on any atom is 1.00 e. The van der Waals surface area contributed by atoms with Gasteiger partial charge in [-0.1, -0.05) is 173 Å². The molecule has 0 saturated heterocycles. The van der Waals surface area contributed by atoms with Crippen LogP contribution < -0.4 is 29.6 Å². The Hall–Kier alpha value is -0.390. The van der Waals surface area contributed by atoms with Gasteiger partial charge in [-0.2, -0.15) is 0 Å². The van der Waals surface area contributed by atoms with Crippen LogP contribution >= 0.6 is 0 Å². The summed E-state index contributed by atoms with van der Waals surface area (Å²) in [4.78, 5) is 0.000201. The van der Waals surface area contributed by atoms with Gasteiger partial charge in [0.1, 0.15) is 10.1 Å². The van der Waals surface area contributed by atoms with E-state index >= 15 is 0 Å². The molecule has 0 atom stereocenters. The number of hydrogen-bond donors (Lipinski definition) is 0. The second-order valence-electron chi connectivity index (χ2n) is 12.8. The van der Waals surface area contributed by atoms with E-state index in [2.05, 4.69) is 32.0 Å². The molecular weight excluding hydrogens is 559 g/mol. The minimum absolute atomic E-state index is 0. The number of rotatable bonds is 27. The van der Waals surface area contributed by atoms with Gasteiger partial charge in [-0.05, 0) is 59.7 Å². The Bertz CT molecular complexity index is 1070. The zero-order chi connectivity index (χ0) is 30.3. The molecule has 0 amide bonds. The Balaban J connectivity index is 0.00000924. The smallest absolute Gasteiger partial charge is 0.744 e. The van der Waals surface area contributed by atoms with Gasteiger partial charge in [0.15, 0.2) is 0 Å². The molecule has 0 aliphatic heterocycles. The Labute approximate surface area is 288 Å². The monoisotopic (exact) mass is 622 g/mol. The van der Waals surface area contributed by atoms with Gasteiger partial charge in [0, 0.05) is 0 Å². The number of aryl methyl sites for hydroxylation is 2. The first-order valence-corrected chi connectivity index (χ1v) is 19.4. The average Bonchev–Trinajstić information content (AvgIpc) is 2.97. The molecule has 0 saturated carbocycles. The number of hydrogen-bond acceptors (Lipinski definition) is 3. The normalized spacial score (nSPS) is 11.7. The minimum atomic E-state index is -4.51. The first-order valence-electron chi connectivity index (χ1n) is 18.0. The van der Waals surface area contributed by atoms with Gasteiger partial charge >= 0.3 is 29.6 Å². The summed E-state index contributed by atoms with van der Waals surface area (Å²) in [5.41, 5.74) is 1.87.